The molecule has 0 saturated heterocycles. The third kappa shape index (κ3) is 3.74. The second kappa shape index (κ2) is 6.44. The molecule has 116 valence electrons. The Balaban J connectivity index is 2.06. The summed E-state index contributed by atoms with van der Waals surface area (Å²) >= 11 is 6.01. The SMILES string of the molecule is COC(=O)Cn1ncc(NCC2(CCO)CC2)c(Cl)c1=O. The van der Waals surface area contributed by atoms with E-state index >= 15 is 0 Å². The van der Waals surface area contributed by atoms with E-state index < -0.39 is 11.5 Å². The second-order valence-corrected chi connectivity index (χ2v) is 5.62. The Morgan fingerprint density at radius 3 is 2.90 bits per heavy atom. The number of esters is 1. The van der Waals surface area contributed by atoms with Crippen LogP contribution in [0.2, 0.25) is 5.02 Å². The van der Waals surface area contributed by atoms with E-state index in [1.165, 1.54) is 13.3 Å². The standard InChI is InChI=1S/C13H18ClN3O4/c1-21-10(19)7-17-12(20)11(14)9(6-16-17)15-8-13(2-3-13)4-5-18/h6,15,18H,2-5,7-8H2,1H3. The summed E-state index contributed by atoms with van der Waals surface area (Å²) in [6.07, 6.45) is 4.24. The Hall–Kier alpha value is -1.60. The highest BCUT2D eigenvalue weighted by atomic mass is 35.5. The Bertz CT molecular complexity index is 583. The molecule has 8 heteroatoms. The van der Waals surface area contributed by atoms with Gasteiger partial charge in [0.1, 0.15) is 11.6 Å². The van der Waals surface area contributed by atoms with Gasteiger partial charge in [-0.3, -0.25) is 9.59 Å². The van der Waals surface area contributed by atoms with Crippen LogP contribution < -0.4 is 10.9 Å². The van der Waals surface area contributed by atoms with Crippen LogP contribution >= 0.6 is 11.6 Å². The normalized spacial score (nSPS) is 15.6. The summed E-state index contributed by atoms with van der Waals surface area (Å²) in [5.74, 6) is -0.568. The van der Waals surface area contributed by atoms with Crippen LogP contribution in [0, 0.1) is 5.41 Å². The number of nitrogens with one attached hydrogen (secondary N) is 1. The predicted octanol–water partition coefficient (Wildman–Crippen LogP) is 0.644. The number of nitrogens with zero attached hydrogens (tertiary/aromatic N) is 2. The van der Waals surface area contributed by atoms with E-state index in [0.29, 0.717) is 12.2 Å². The first-order valence-electron chi connectivity index (χ1n) is 6.68. The largest absolute Gasteiger partial charge is 0.468 e. The van der Waals surface area contributed by atoms with Crippen LogP contribution in [0.4, 0.5) is 5.69 Å². The molecule has 0 atom stereocenters. The summed E-state index contributed by atoms with van der Waals surface area (Å²) in [6.45, 7) is 0.508. The molecule has 2 rings (SSSR count). The number of aromatic nitrogens is 2. The van der Waals surface area contributed by atoms with Crippen LogP contribution in [0.15, 0.2) is 11.0 Å². The van der Waals surface area contributed by atoms with E-state index in [4.69, 9.17) is 16.7 Å². The highest BCUT2D eigenvalue weighted by Crippen LogP contribution is 2.48. The molecule has 0 radical (unpaired) electrons. The molecule has 21 heavy (non-hydrogen) atoms. The molecule has 1 aliphatic rings. The molecule has 0 spiro atoms. The number of methoxy groups -OCH3 is 1. The van der Waals surface area contributed by atoms with Crippen molar-refractivity contribution in [3.63, 3.8) is 0 Å². The summed E-state index contributed by atoms with van der Waals surface area (Å²) in [5, 5.41) is 16.0. The first-order chi connectivity index (χ1) is 10.0. The van der Waals surface area contributed by atoms with Gasteiger partial charge in [-0.25, -0.2) is 4.68 Å². The van der Waals surface area contributed by atoms with Crippen LogP contribution in [-0.2, 0) is 16.1 Å². The molecule has 1 saturated carbocycles. The second-order valence-electron chi connectivity index (χ2n) is 5.24. The summed E-state index contributed by atoms with van der Waals surface area (Å²) in [7, 11) is 1.24. The van der Waals surface area contributed by atoms with Gasteiger partial charge in [0.15, 0.2) is 0 Å². The quantitative estimate of drug-likeness (QED) is 0.717. The number of aliphatic hydroxyl groups excluding tert-OH is 1. The van der Waals surface area contributed by atoms with Gasteiger partial charge in [-0.1, -0.05) is 11.6 Å². The Morgan fingerprint density at radius 2 is 2.33 bits per heavy atom. The molecule has 1 aromatic heterocycles. The van der Waals surface area contributed by atoms with Gasteiger partial charge >= 0.3 is 5.97 Å². The van der Waals surface area contributed by atoms with Crippen molar-refractivity contribution in [3.05, 3.63) is 21.6 Å². The predicted molar refractivity (Wildman–Crippen MR) is 77.4 cm³/mol. The Kier molecular flexibility index (Phi) is 4.84. The van der Waals surface area contributed by atoms with Gasteiger partial charge in [-0.2, -0.15) is 5.10 Å². The molecule has 2 N–H and O–H groups in total. The highest BCUT2D eigenvalue weighted by molar-refractivity contribution is 6.32. The number of anilines is 1. The minimum Gasteiger partial charge on any atom is -0.468 e. The maximum Gasteiger partial charge on any atom is 0.327 e. The van der Waals surface area contributed by atoms with Crippen molar-refractivity contribution in [1.29, 1.82) is 0 Å². The number of hydrogen-bond donors (Lipinski definition) is 2. The number of halogens is 1. The number of carbonyl (C=O) groups excluding carboxylic acids is 1. The number of aliphatic hydroxyl groups is 1. The third-order valence-electron chi connectivity index (χ3n) is 3.74. The highest BCUT2D eigenvalue weighted by Gasteiger charge is 2.41. The smallest absolute Gasteiger partial charge is 0.327 e. The Morgan fingerprint density at radius 1 is 1.62 bits per heavy atom. The van der Waals surface area contributed by atoms with Gasteiger partial charge in [0.2, 0.25) is 0 Å². The molecule has 0 amide bonds. The molecule has 0 aliphatic heterocycles. The monoisotopic (exact) mass is 315 g/mol. The molecular weight excluding hydrogens is 298 g/mol. The van der Waals surface area contributed by atoms with Gasteiger partial charge in [-0.15, -0.1) is 0 Å². The number of rotatable bonds is 7. The molecule has 0 aromatic carbocycles. The van der Waals surface area contributed by atoms with Crippen molar-refractivity contribution >= 4 is 23.3 Å². The minimum absolute atomic E-state index is 0.00583. The molecule has 1 fully saturated rings. The van der Waals surface area contributed by atoms with Crippen LogP contribution in [0.25, 0.3) is 0 Å². The third-order valence-corrected chi connectivity index (χ3v) is 4.11. The lowest BCUT2D eigenvalue weighted by atomic mass is 10.0. The van der Waals surface area contributed by atoms with Crippen molar-refractivity contribution in [1.82, 2.24) is 9.78 Å². The van der Waals surface area contributed by atoms with E-state index in [1.54, 1.807) is 0 Å². The maximum atomic E-state index is 12.0. The first kappa shape index (κ1) is 15.8. The summed E-state index contributed by atoms with van der Waals surface area (Å²) in [5.41, 5.74) is -0.00930. The summed E-state index contributed by atoms with van der Waals surface area (Å²) in [4.78, 5) is 23.2. The van der Waals surface area contributed by atoms with Crippen LogP contribution in [0.3, 0.4) is 0 Å². The first-order valence-corrected chi connectivity index (χ1v) is 7.06. The van der Waals surface area contributed by atoms with E-state index in [-0.39, 0.29) is 23.6 Å². The fourth-order valence-electron chi connectivity index (χ4n) is 2.10. The lowest BCUT2D eigenvalue weighted by molar-refractivity contribution is -0.141. The van der Waals surface area contributed by atoms with Crippen molar-refractivity contribution in [2.24, 2.45) is 5.41 Å². The van der Waals surface area contributed by atoms with Crippen molar-refractivity contribution in [2.45, 2.75) is 25.8 Å². The molecule has 7 nitrogen and oxygen atoms in total. The van der Waals surface area contributed by atoms with Gasteiger partial charge in [0.05, 0.1) is 19.0 Å². The lowest BCUT2D eigenvalue weighted by Gasteiger charge is -2.16. The van der Waals surface area contributed by atoms with Crippen LogP contribution in [0.5, 0.6) is 0 Å². The average molecular weight is 316 g/mol. The molecule has 0 bridgehead atoms. The van der Waals surface area contributed by atoms with Gasteiger partial charge in [0.25, 0.3) is 5.56 Å². The zero-order valence-electron chi connectivity index (χ0n) is 11.8. The van der Waals surface area contributed by atoms with Crippen LogP contribution in [0.1, 0.15) is 19.3 Å². The lowest BCUT2D eigenvalue weighted by Crippen LogP contribution is -2.28. The summed E-state index contributed by atoms with van der Waals surface area (Å²) < 4.78 is 5.44. The van der Waals surface area contributed by atoms with Crippen LogP contribution in [-0.4, -0.2) is 41.1 Å². The van der Waals surface area contributed by atoms with Crippen molar-refractivity contribution in [2.75, 3.05) is 25.6 Å². The zero-order chi connectivity index (χ0) is 15.5. The molecule has 1 heterocycles. The van der Waals surface area contributed by atoms with Gasteiger partial charge in [-0.05, 0) is 24.7 Å². The number of carbonyl (C=O) groups is 1. The fraction of sp³-hybridized carbons (Fsp3) is 0.615. The molecule has 1 aliphatic carbocycles. The zero-order valence-corrected chi connectivity index (χ0v) is 12.5. The molecule has 1 aromatic rings. The average Bonchev–Trinajstić information content (AvgIpc) is 3.23. The Labute approximate surface area is 126 Å². The van der Waals surface area contributed by atoms with E-state index in [2.05, 4.69) is 15.2 Å². The van der Waals surface area contributed by atoms with E-state index in [9.17, 15) is 9.59 Å². The molecular formula is C13H18ClN3O4. The van der Waals surface area contributed by atoms with Crippen molar-refractivity contribution in [3.8, 4) is 0 Å². The summed E-state index contributed by atoms with van der Waals surface area (Å²) in [6, 6.07) is 0. The minimum atomic E-state index is -0.568. The number of hydrogen-bond acceptors (Lipinski definition) is 6. The van der Waals surface area contributed by atoms with E-state index in [1.807, 2.05) is 0 Å². The number of ether oxygens (including phenoxy) is 1. The molecule has 0 unspecified atom stereocenters. The van der Waals surface area contributed by atoms with Crippen molar-refractivity contribution < 1.29 is 14.6 Å². The van der Waals surface area contributed by atoms with Gasteiger partial charge in [0, 0.05) is 13.2 Å². The topological polar surface area (TPSA) is 93.5 Å². The van der Waals surface area contributed by atoms with Gasteiger partial charge < -0.3 is 15.2 Å². The fourth-order valence-corrected chi connectivity index (χ4v) is 2.31. The maximum absolute atomic E-state index is 12.0. The van der Waals surface area contributed by atoms with E-state index in [0.717, 1.165) is 23.9 Å².